The van der Waals surface area contributed by atoms with Crippen molar-refractivity contribution in [3.8, 4) is 5.75 Å². The summed E-state index contributed by atoms with van der Waals surface area (Å²) < 4.78 is 25.1. The van der Waals surface area contributed by atoms with Gasteiger partial charge in [0.15, 0.2) is 0 Å². The summed E-state index contributed by atoms with van der Waals surface area (Å²) in [4.78, 5) is 26.9. The first-order chi connectivity index (χ1) is 14.5. The van der Waals surface area contributed by atoms with Crippen molar-refractivity contribution >= 4 is 17.4 Å². The predicted molar refractivity (Wildman–Crippen MR) is 106 cm³/mol. The first-order valence-electron chi connectivity index (χ1n) is 9.21. The molecule has 30 heavy (non-hydrogen) atoms. The maximum Gasteiger partial charge on any atom is 0.296 e. The van der Waals surface area contributed by atoms with Crippen molar-refractivity contribution in [1.82, 2.24) is 4.90 Å². The first-order valence-corrected chi connectivity index (χ1v) is 9.21. The van der Waals surface area contributed by atoms with Crippen LogP contribution in [0.15, 0.2) is 76.9 Å². The molecule has 1 amide bonds. The third-order valence-electron chi connectivity index (χ3n) is 5.01. The number of methoxy groups -OCH3 is 1. The Hall–Kier alpha value is -3.87. The van der Waals surface area contributed by atoms with Crippen LogP contribution in [-0.2, 0) is 16.1 Å². The molecule has 0 saturated carbocycles. The number of benzene rings is 2. The van der Waals surface area contributed by atoms with Crippen molar-refractivity contribution in [3.63, 3.8) is 0 Å². The van der Waals surface area contributed by atoms with Crippen LogP contribution in [0.3, 0.4) is 0 Å². The van der Waals surface area contributed by atoms with E-state index in [-0.39, 0.29) is 23.4 Å². The van der Waals surface area contributed by atoms with E-state index in [0.717, 1.165) is 0 Å². The van der Waals surface area contributed by atoms with E-state index in [1.165, 1.54) is 36.5 Å². The third-order valence-corrected chi connectivity index (χ3v) is 5.01. The minimum Gasteiger partial charge on any atom is -0.507 e. The van der Waals surface area contributed by atoms with Crippen molar-refractivity contribution in [2.45, 2.75) is 12.6 Å². The summed E-state index contributed by atoms with van der Waals surface area (Å²) in [5, 5.41) is 10.9. The number of carbonyl (C=O) groups is 2. The van der Waals surface area contributed by atoms with Crippen molar-refractivity contribution in [3.05, 3.63) is 95.2 Å². The van der Waals surface area contributed by atoms with Gasteiger partial charge in [0.1, 0.15) is 23.1 Å². The third kappa shape index (κ3) is 3.34. The van der Waals surface area contributed by atoms with E-state index in [4.69, 9.17) is 9.15 Å². The lowest BCUT2D eigenvalue weighted by molar-refractivity contribution is -0.140. The Kier molecular flexibility index (Phi) is 5.10. The van der Waals surface area contributed by atoms with Gasteiger partial charge in [-0.1, -0.05) is 18.2 Å². The number of nitrogens with zero attached hydrogens (tertiary/aromatic N) is 1. The van der Waals surface area contributed by atoms with Crippen LogP contribution in [0, 0.1) is 5.82 Å². The van der Waals surface area contributed by atoms with E-state index >= 15 is 0 Å². The number of aliphatic hydroxyl groups excluding tert-OH is 1. The molecular weight excluding hydrogens is 389 g/mol. The molecule has 152 valence electrons. The molecule has 0 bridgehead atoms. The summed E-state index contributed by atoms with van der Waals surface area (Å²) in [5.74, 6) is -1.70. The number of carbonyl (C=O) groups excluding carboxylic acids is 2. The molecule has 0 radical (unpaired) electrons. The Morgan fingerprint density at radius 2 is 1.83 bits per heavy atom. The van der Waals surface area contributed by atoms with Crippen molar-refractivity contribution in [1.29, 1.82) is 0 Å². The summed E-state index contributed by atoms with van der Waals surface area (Å²) >= 11 is 0. The molecule has 6 nitrogen and oxygen atoms in total. The predicted octanol–water partition coefficient (Wildman–Crippen LogP) is 4.05. The molecule has 0 spiro atoms. The lowest BCUT2D eigenvalue weighted by Crippen LogP contribution is -2.29. The highest BCUT2D eigenvalue weighted by molar-refractivity contribution is 6.46. The Bertz CT molecular complexity index is 1120. The average Bonchev–Trinajstić information content (AvgIpc) is 3.36. The molecule has 1 aliphatic heterocycles. The lowest BCUT2D eigenvalue weighted by atomic mass is 9.95. The highest BCUT2D eigenvalue weighted by Gasteiger charge is 2.47. The van der Waals surface area contributed by atoms with Crippen LogP contribution >= 0.6 is 0 Å². The second-order valence-electron chi connectivity index (χ2n) is 6.76. The monoisotopic (exact) mass is 407 g/mol. The van der Waals surface area contributed by atoms with E-state index in [2.05, 4.69) is 0 Å². The fourth-order valence-electron chi connectivity index (χ4n) is 3.54. The van der Waals surface area contributed by atoms with Crippen LogP contribution in [0.25, 0.3) is 5.76 Å². The zero-order chi connectivity index (χ0) is 21.3. The van der Waals surface area contributed by atoms with Crippen LogP contribution in [0.1, 0.15) is 22.9 Å². The number of aliphatic hydroxyl groups is 1. The molecule has 1 aliphatic rings. The highest BCUT2D eigenvalue weighted by Crippen LogP contribution is 2.41. The van der Waals surface area contributed by atoms with Gasteiger partial charge in [-0.25, -0.2) is 4.39 Å². The first kappa shape index (κ1) is 19.4. The number of hydrogen-bond donors (Lipinski definition) is 1. The maximum atomic E-state index is 14.7. The zero-order valence-electron chi connectivity index (χ0n) is 16.0. The number of furan rings is 1. The highest BCUT2D eigenvalue weighted by atomic mass is 19.1. The van der Waals surface area contributed by atoms with Gasteiger partial charge in [-0.05, 0) is 42.5 Å². The summed E-state index contributed by atoms with van der Waals surface area (Å²) in [6, 6.07) is 14.4. The number of ether oxygens (including phenoxy) is 1. The number of halogens is 1. The van der Waals surface area contributed by atoms with Crippen LogP contribution in [0.4, 0.5) is 4.39 Å². The van der Waals surface area contributed by atoms with Gasteiger partial charge >= 0.3 is 0 Å². The van der Waals surface area contributed by atoms with Gasteiger partial charge in [0.25, 0.3) is 11.7 Å². The molecule has 3 aromatic rings. The molecule has 2 heterocycles. The van der Waals surface area contributed by atoms with Gasteiger partial charge in [0.05, 0.1) is 31.5 Å². The molecule has 4 rings (SSSR count). The lowest BCUT2D eigenvalue weighted by Gasteiger charge is -2.24. The van der Waals surface area contributed by atoms with Crippen LogP contribution < -0.4 is 4.74 Å². The number of ketones is 1. The summed E-state index contributed by atoms with van der Waals surface area (Å²) in [6.07, 6.45) is 1.45. The van der Waals surface area contributed by atoms with E-state index in [0.29, 0.717) is 17.1 Å². The second-order valence-corrected chi connectivity index (χ2v) is 6.76. The van der Waals surface area contributed by atoms with Gasteiger partial charge in [0, 0.05) is 11.1 Å². The Morgan fingerprint density at radius 1 is 1.10 bits per heavy atom. The SMILES string of the molecule is COc1ccc(C(O)=C2C(=O)C(=O)N(Cc3ccco3)C2c2ccccc2F)cc1. The number of amides is 1. The topological polar surface area (TPSA) is 80.0 Å². The fourth-order valence-corrected chi connectivity index (χ4v) is 3.54. The minimum atomic E-state index is -1.10. The van der Waals surface area contributed by atoms with Crippen molar-refractivity contribution in [2.24, 2.45) is 0 Å². The molecule has 0 aliphatic carbocycles. The van der Waals surface area contributed by atoms with Crippen molar-refractivity contribution in [2.75, 3.05) is 7.11 Å². The number of rotatable bonds is 5. The molecule has 1 fully saturated rings. The molecule has 7 heteroatoms. The molecule has 2 aromatic carbocycles. The summed E-state index contributed by atoms with van der Waals surface area (Å²) in [7, 11) is 1.51. The molecular formula is C23H18FNO5. The van der Waals surface area contributed by atoms with E-state index in [9.17, 15) is 19.1 Å². The largest absolute Gasteiger partial charge is 0.507 e. The summed E-state index contributed by atoms with van der Waals surface area (Å²) in [5.41, 5.74) is 0.244. The Morgan fingerprint density at radius 3 is 2.47 bits per heavy atom. The smallest absolute Gasteiger partial charge is 0.296 e. The van der Waals surface area contributed by atoms with E-state index in [1.807, 2.05) is 0 Å². The quantitative estimate of drug-likeness (QED) is 0.392. The van der Waals surface area contributed by atoms with E-state index < -0.39 is 23.5 Å². The Balaban J connectivity index is 1.87. The molecule has 1 unspecified atom stereocenters. The summed E-state index contributed by atoms with van der Waals surface area (Å²) in [6.45, 7) is -0.0457. The normalized spacial score (nSPS) is 18.1. The second kappa shape index (κ2) is 7.87. The van der Waals surface area contributed by atoms with Crippen LogP contribution in [0.5, 0.6) is 5.75 Å². The van der Waals surface area contributed by atoms with E-state index in [1.54, 1.807) is 42.5 Å². The van der Waals surface area contributed by atoms with Gasteiger partial charge < -0.3 is 19.2 Å². The minimum absolute atomic E-state index is 0.0457. The average molecular weight is 407 g/mol. The molecule has 1 aromatic heterocycles. The zero-order valence-corrected chi connectivity index (χ0v) is 16.0. The van der Waals surface area contributed by atoms with Gasteiger partial charge in [-0.2, -0.15) is 0 Å². The van der Waals surface area contributed by atoms with Gasteiger partial charge in [-0.15, -0.1) is 0 Å². The number of Topliss-reactive ketones (excluding diaryl/α,β-unsaturated/α-hetero) is 1. The standard InChI is InChI=1S/C23H18FNO5/c1-29-15-10-8-14(9-11-15)21(26)19-20(17-6-2-3-7-18(17)24)25(23(28)22(19)27)13-16-5-4-12-30-16/h2-12,20,26H,13H2,1H3. The molecule has 1 saturated heterocycles. The van der Waals surface area contributed by atoms with Crippen LogP contribution in [-0.4, -0.2) is 28.8 Å². The van der Waals surface area contributed by atoms with Crippen LogP contribution in [0.2, 0.25) is 0 Å². The number of likely N-dealkylation sites (tertiary alicyclic amines) is 1. The van der Waals surface area contributed by atoms with Gasteiger partial charge in [-0.3, -0.25) is 9.59 Å². The Labute approximate surface area is 171 Å². The fraction of sp³-hybridized carbons (Fsp3) is 0.130. The molecule has 1 N–H and O–H groups in total. The number of hydrogen-bond acceptors (Lipinski definition) is 5. The van der Waals surface area contributed by atoms with Gasteiger partial charge in [0.2, 0.25) is 0 Å². The molecule has 1 atom stereocenters. The maximum absolute atomic E-state index is 14.7. The van der Waals surface area contributed by atoms with Crippen molar-refractivity contribution < 1.29 is 28.2 Å².